The lowest BCUT2D eigenvalue weighted by atomic mass is 9.93. The second-order valence-electron chi connectivity index (χ2n) is 12.6. The summed E-state index contributed by atoms with van der Waals surface area (Å²) in [6.07, 6.45) is -0.271. The Balaban J connectivity index is 1.09. The Morgan fingerprint density at radius 2 is 1.12 bits per heavy atom. The van der Waals surface area contributed by atoms with E-state index >= 15 is 0 Å². The van der Waals surface area contributed by atoms with Crippen molar-refractivity contribution in [1.82, 2.24) is 5.32 Å². The van der Waals surface area contributed by atoms with E-state index in [9.17, 15) is 0 Å². The minimum atomic E-state index is -0.271. The molecule has 5 heteroatoms. The lowest BCUT2D eigenvalue weighted by Crippen LogP contribution is -2.33. The molecule has 0 amide bonds. The average Bonchev–Trinajstić information content (AvgIpc) is 3.76. The lowest BCUT2D eigenvalue weighted by molar-refractivity contribution is 0.668. The minimum Gasteiger partial charge on any atom is -0.456 e. The highest BCUT2D eigenvalue weighted by atomic mass is 16.3. The van der Waals surface area contributed by atoms with Gasteiger partial charge in [0.25, 0.3) is 0 Å². The molecule has 1 atom stereocenters. The molecule has 5 nitrogen and oxygen atoms in total. The Morgan fingerprint density at radius 1 is 0.440 bits per heavy atom. The molecule has 1 aliphatic rings. The number of benzene rings is 7. The molecule has 10 rings (SSSR count). The zero-order valence-electron chi connectivity index (χ0n) is 26.9. The van der Waals surface area contributed by atoms with E-state index in [0.717, 1.165) is 88.7 Å². The van der Waals surface area contributed by atoms with Gasteiger partial charge in [0.15, 0.2) is 5.84 Å². The zero-order chi connectivity index (χ0) is 33.0. The van der Waals surface area contributed by atoms with Crippen LogP contribution in [0.1, 0.15) is 22.9 Å². The van der Waals surface area contributed by atoms with Gasteiger partial charge < -0.3 is 14.2 Å². The van der Waals surface area contributed by atoms with E-state index in [1.54, 1.807) is 0 Å². The van der Waals surface area contributed by atoms with Gasteiger partial charge in [-0.05, 0) is 52.6 Å². The van der Waals surface area contributed by atoms with E-state index in [-0.39, 0.29) is 6.17 Å². The highest BCUT2D eigenvalue weighted by Crippen LogP contribution is 2.41. The number of nitrogens with one attached hydrogen (secondary N) is 1. The van der Waals surface area contributed by atoms with Gasteiger partial charge >= 0.3 is 0 Å². The average molecular weight is 644 g/mol. The summed E-state index contributed by atoms with van der Waals surface area (Å²) in [6, 6.07) is 56.3. The van der Waals surface area contributed by atoms with E-state index in [1.807, 2.05) is 48.5 Å². The van der Waals surface area contributed by atoms with Crippen molar-refractivity contribution in [3.05, 3.63) is 180 Å². The molecule has 236 valence electrons. The fourth-order valence-electron chi connectivity index (χ4n) is 7.14. The quantitative estimate of drug-likeness (QED) is 0.203. The molecule has 1 aliphatic heterocycles. The number of hydrogen-bond acceptors (Lipinski definition) is 5. The number of aliphatic imine (C=N–C) groups is 2. The van der Waals surface area contributed by atoms with Crippen LogP contribution in [-0.2, 0) is 0 Å². The van der Waals surface area contributed by atoms with Gasteiger partial charge in [0.05, 0.1) is 0 Å². The van der Waals surface area contributed by atoms with E-state index < -0.39 is 0 Å². The Morgan fingerprint density at radius 3 is 2.00 bits per heavy atom. The molecule has 0 aliphatic carbocycles. The van der Waals surface area contributed by atoms with Gasteiger partial charge in [0, 0.05) is 38.2 Å². The Hall–Kier alpha value is -6.72. The third-order valence-electron chi connectivity index (χ3n) is 9.57. The number of amidine groups is 2. The van der Waals surface area contributed by atoms with Crippen LogP contribution >= 0.6 is 0 Å². The first kappa shape index (κ1) is 28.3. The largest absolute Gasteiger partial charge is 0.456 e. The number of hydrogen-bond donors (Lipinski definition) is 1. The summed E-state index contributed by atoms with van der Waals surface area (Å²) >= 11 is 0. The van der Waals surface area contributed by atoms with Gasteiger partial charge in [-0.25, -0.2) is 9.98 Å². The molecular formula is C45H29N3O2. The predicted octanol–water partition coefficient (Wildman–Crippen LogP) is 11.3. The second-order valence-corrected chi connectivity index (χ2v) is 12.6. The van der Waals surface area contributed by atoms with Crippen molar-refractivity contribution in [1.29, 1.82) is 0 Å². The molecular weight excluding hydrogens is 615 g/mol. The molecule has 0 saturated heterocycles. The van der Waals surface area contributed by atoms with Gasteiger partial charge in [0.1, 0.15) is 34.3 Å². The number of furan rings is 2. The molecule has 2 aromatic heterocycles. The van der Waals surface area contributed by atoms with Crippen molar-refractivity contribution >= 4 is 55.5 Å². The number of para-hydroxylation sites is 2. The Labute approximate surface area is 287 Å². The van der Waals surface area contributed by atoms with Crippen LogP contribution < -0.4 is 5.32 Å². The van der Waals surface area contributed by atoms with Crippen LogP contribution in [0.2, 0.25) is 0 Å². The summed E-state index contributed by atoms with van der Waals surface area (Å²) in [7, 11) is 0. The molecule has 1 N–H and O–H groups in total. The van der Waals surface area contributed by atoms with Crippen molar-refractivity contribution in [2.75, 3.05) is 0 Å². The fraction of sp³-hybridized carbons (Fsp3) is 0.0222. The van der Waals surface area contributed by atoms with Crippen molar-refractivity contribution in [3.8, 4) is 22.3 Å². The van der Waals surface area contributed by atoms with Gasteiger partial charge in [0.2, 0.25) is 0 Å². The van der Waals surface area contributed by atoms with Crippen molar-refractivity contribution in [3.63, 3.8) is 0 Å². The first-order chi connectivity index (χ1) is 24.8. The minimum absolute atomic E-state index is 0.271. The van der Waals surface area contributed by atoms with Gasteiger partial charge in [-0.15, -0.1) is 0 Å². The number of fused-ring (bicyclic) bond motifs is 6. The van der Waals surface area contributed by atoms with Crippen LogP contribution in [0.4, 0.5) is 0 Å². The molecule has 9 aromatic rings. The molecule has 1 unspecified atom stereocenters. The molecule has 0 bridgehead atoms. The summed E-state index contributed by atoms with van der Waals surface area (Å²) in [4.78, 5) is 10.1. The van der Waals surface area contributed by atoms with E-state index in [1.165, 1.54) is 0 Å². The van der Waals surface area contributed by atoms with Crippen LogP contribution in [0.5, 0.6) is 0 Å². The highest BCUT2D eigenvalue weighted by Gasteiger charge is 2.22. The number of nitrogens with zero attached hydrogens (tertiary/aromatic N) is 2. The van der Waals surface area contributed by atoms with Crippen LogP contribution in [0.25, 0.3) is 66.1 Å². The number of rotatable bonds is 5. The summed E-state index contributed by atoms with van der Waals surface area (Å²) in [5.41, 5.74) is 10.8. The highest BCUT2D eigenvalue weighted by molar-refractivity contribution is 6.16. The van der Waals surface area contributed by atoms with E-state index in [4.69, 9.17) is 18.8 Å². The van der Waals surface area contributed by atoms with Crippen LogP contribution in [0.15, 0.2) is 183 Å². The summed E-state index contributed by atoms with van der Waals surface area (Å²) in [5, 5.41) is 7.88. The first-order valence-corrected chi connectivity index (χ1v) is 16.8. The smallest absolute Gasteiger partial charge is 0.159 e. The van der Waals surface area contributed by atoms with E-state index in [0.29, 0.717) is 5.84 Å². The third kappa shape index (κ3) is 4.71. The van der Waals surface area contributed by atoms with Gasteiger partial charge in [-0.3, -0.25) is 0 Å². The maximum Gasteiger partial charge on any atom is 0.159 e. The van der Waals surface area contributed by atoms with Crippen molar-refractivity contribution in [2.45, 2.75) is 6.17 Å². The molecule has 50 heavy (non-hydrogen) atoms. The Kier molecular flexibility index (Phi) is 6.49. The lowest BCUT2D eigenvalue weighted by Gasteiger charge is -2.23. The molecule has 0 saturated carbocycles. The molecule has 7 aromatic carbocycles. The van der Waals surface area contributed by atoms with Crippen LogP contribution in [-0.4, -0.2) is 11.7 Å². The molecule has 0 radical (unpaired) electrons. The molecule has 0 spiro atoms. The molecule has 0 fully saturated rings. The summed E-state index contributed by atoms with van der Waals surface area (Å²) in [5.74, 6) is 1.45. The third-order valence-corrected chi connectivity index (χ3v) is 9.57. The van der Waals surface area contributed by atoms with Crippen molar-refractivity contribution < 1.29 is 8.83 Å². The zero-order valence-corrected chi connectivity index (χ0v) is 26.9. The fourth-order valence-corrected chi connectivity index (χ4v) is 7.14. The SMILES string of the molecule is c1ccc(C2=NC(c3ccc4c(c3)oc3c(-c5ccccc5-c5ccc6oc7ccccc7c6c5)cccc34)=NC(c3ccccc3)N2)cc1. The monoisotopic (exact) mass is 643 g/mol. The Bertz CT molecular complexity index is 2790. The molecule has 3 heterocycles. The standard InChI is InChI=1S/C45H29N3O2/c1-3-12-28(13-4-1)43-46-44(29-14-5-2-6-15-29)48-45(47-43)31-22-24-35-37-20-11-19-36(42(37)50-41(35)27-31)33-17-8-7-16-32(33)30-23-25-40-38(26-30)34-18-9-10-21-39(34)49-40/h1-27,43H,(H,46,47,48). The topological polar surface area (TPSA) is 63.0 Å². The maximum absolute atomic E-state index is 6.76. The van der Waals surface area contributed by atoms with Crippen molar-refractivity contribution in [2.24, 2.45) is 9.98 Å². The first-order valence-electron chi connectivity index (χ1n) is 16.8. The van der Waals surface area contributed by atoms with Gasteiger partial charge in [-0.1, -0.05) is 133 Å². The van der Waals surface area contributed by atoms with Crippen LogP contribution in [0.3, 0.4) is 0 Å². The summed E-state index contributed by atoms with van der Waals surface area (Å²) in [6.45, 7) is 0. The van der Waals surface area contributed by atoms with E-state index in [2.05, 4.69) is 121 Å². The summed E-state index contributed by atoms with van der Waals surface area (Å²) < 4.78 is 12.9. The van der Waals surface area contributed by atoms with Crippen LogP contribution in [0, 0.1) is 0 Å². The second kappa shape index (κ2) is 11.5. The van der Waals surface area contributed by atoms with Gasteiger partial charge in [-0.2, -0.15) is 0 Å². The normalized spacial score (nSPS) is 14.6. The maximum atomic E-state index is 6.76. The predicted molar refractivity (Wildman–Crippen MR) is 204 cm³/mol.